The number of piperidine rings is 1. The van der Waals surface area contributed by atoms with Gasteiger partial charge in [0.1, 0.15) is 16.8 Å². The van der Waals surface area contributed by atoms with Crippen molar-refractivity contribution in [3.05, 3.63) is 56.8 Å². The number of sulfonamides is 1. The zero-order chi connectivity index (χ0) is 21.2. The van der Waals surface area contributed by atoms with Crippen LogP contribution in [0.3, 0.4) is 0 Å². The van der Waals surface area contributed by atoms with Crippen molar-refractivity contribution in [1.82, 2.24) is 9.29 Å². The van der Waals surface area contributed by atoms with Gasteiger partial charge in [0.2, 0.25) is 15.9 Å². The largest absolute Gasteiger partial charge is 0.320 e. The third-order valence-electron chi connectivity index (χ3n) is 4.59. The Morgan fingerprint density at radius 3 is 2.59 bits per heavy atom. The maximum atomic E-state index is 12.8. The molecule has 12 heteroatoms. The SMILES string of the molecule is O=C(Nc1ccncc1[N+](=O)[O-])C1CCN(S(=O)(=O)c2cc(Cl)ccc2Cl)CC1. The van der Waals surface area contributed by atoms with Crippen LogP contribution in [0, 0.1) is 16.0 Å². The fourth-order valence-electron chi connectivity index (χ4n) is 3.04. The monoisotopic (exact) mass is 458 g/mol. The third-order valence-corrected chi connectivity index (χ3v) is 7.21. The highest BCUT2D eigenvalue weighted by Gasteiger charge is 2.33. The van der Waals surface area contributed by atoms with Gasteiger partial charge < -0.3 is 5.32 Å². The number of benzene rings is 1. The molecule has 1 aromatic carbocycles. The smallest absolute Gasteiger partial charge is 0.310 e. The zero-order valence-electron chi connectivity index (χ0n) is 14.9. The van der Waals surface area contributed by atoms with E-state index < -0.39 is 26.8 Å². The first-order chi connectivity index (χ1) is 13.7. The van der Waals surface area contributed by atoms with Gasteiger partial charge in [0.05, 0.1) is 9.95 Å². The topological polar surface area (TPSA) is 123 Å². The molecule has 1 saturated heterocycles. The number of nitrogens with zero attached hydrogens (tertiary/aromatic N) is 3. The molecule has 0 unspecified atom stereocenters. The van der Waals surface area contributed by atoms with E-state index in [1.165, 1.54) is 34.8 Å². The number of pyridine rings is 1. The number of aromatic nitrogens is 1. The Balaban J connectivity index is 1.68. The fourth-order valence-corrected chi connectivity index (χ4v) is 5.25. The van der Waals surface area contributed by atoms with E-state index in [4.69, 9.17) is 23.2 Å². The highest BCUT2D eigenvalue weighted by Crippen LogP contribution is 2.31. The minimum absolute atomic E-state index is 0.0516. The molecular weight excluding hydrogens is 443 g/mol. The van der Waals surface area contributed by atoms with Crippen LogP contribution in [0.15, 0.2) is 41.6 Å². The Morgan fingerprint density at radius 1 is 1.24 bits per heavy atom. The summed E-state index contributed by atoms with van der Waals surface area (Å²) in [6.07, 6.45) is 2.93. The number of carbonyl (C=O) groups excluding carboxylic acids is 1. The van der Waals surface area contributed by atoms with Crippen molar-refractivity contribution < 1.29 is 18.1 Å². The molecule has 3 rings (SSSR count). The van der Waals surface area contributed by atoms with Crippen molar-refractivity contribution in [1.29, 1.82) is 0 Å². The van der Waals surface area contributed by atoms with Gasteiger partial charge in [-0.15, -0.1) is 0 Å². The predicted octanol–water partition coefficient (Wildman–Crippen LogP) is 3.34. The van der Waals surface area contributed by atoms with E-state index in [2.05, 4.69) is 10.3 Å². The summed E-state index contributed by atoms with van der Waals surface area (Å²) < 4.78 is 26.9. The lowest BCUT2D eigenvalue weighted by atomic mass is 9.97. The minimum Gasteiger partial charge on any atom is -0.320 e. The number of rotatable bonds is 5. The summed E-state index contributed by atoms with van der Waals surface area (Å²) in [5.41, 5.74) is -0.257. The highest BCUT2D eigenvalue weighted by molar-refractivity contribution is 7.89. The molecule has 29 heavy (non-hydrogen) atoms. The Labute approximate surface area is 176 Å². The van der Waals surface area contributed by atoms with E-state index in [0.29, 0.717) is 0 Å². The molecule has 154 valence electrons. The number of nitro groups is 1. The number of carbonyl (C=O) groups is 1. The quantitative estimate of drug-likeness (QED) is 0.541. The van der Waals surface area contributed by atoms with Gasteiger partial charge in [-0.3, -0.25) is 19.9 Å². The summed E-state index contributed by atoms with van der Waals surface area (Å²) in [5, 5.41) is 13.9. The van der Waals surface area contributed by atoms with E-state index in [0.717, 1.165) is 6.20 Å². The molecule has 0 saturated carbocycles. The molecule has 1 amide bonds. The van der Waals surface area contributed by atoms with Crippen LogP contribution in [0.25, 0.3) is 0 Å². The first-order valence-corrected chi connectivity index (χ1v) is 10.7. The number of hydrogen-bond acceptors (Lipinski definition) is 6. The minimum atomic E-state index is -3.85. The number of nitrogens with one attached hydrogen (secondary N) is 1. The van der Waals surface area contributed by atoms with Gasteiger partial charge in [0.25, 0.3) is 0 Å². The molecule has 0 radical (unpaired) electrons. The van der Waals surface area contributed by atoms with Crippen LogP contribution in [0.2, 0.25) is 10.0 Å². The van der Waals surface area contributed by atoms with Gasteiger partial charge in [-0.1, -0.05) is 23.2 Å². The Morgan fingerprint density at radius 2 is 1.93 bits per heavy atom. The Kier molecular flexibility index (Phi) is 6.37. The van der Waals surface area contributed by atoms with E-state index in [1.807, 2.05) is 0 Å². The second-order valence-electron chi connectivity index (χ2n) is 6.39. The van der Waals surface area contributed by atoms with Gasteiger partial charge in [-0.05, 0) is 37.1 Å². The van der Waals surface area contributed by atoms with Crippen LogP contribution < -0.4 is 5.32 Å². The Bertz CT molecular complexity index is 1060. The molecule has 1 aliphatic heterocycles. The fraction of sp³-hybridized carbons (Fsp3) is 0.294. The summed E-state index contributed by atoms with van der Waals surface area (Å²) in [5.74, 6) is -0.888. The summed E-state index contributed by atoms with van der Waals surface area (Å²) >= 11 is 11.9. The maximum Gasteiger partial charge on any atom is 0.310 e. The van der Waals surface area contributed by atoms with Crippen LogP contribution in [0.5, 0.6) is 0 Å². The number of anilines is 1. The number of halogens is 2. The van der Waals surface area contributed by atoms with Gasteiger partial charge in [0.15, 0.2) is 0 Å². The molecular formula is C17H16Cl2N4O5S. The van der Waals surface area contributed by atoms with E-state index in [-0.39, 0.29) is 52.2 Å². The highest BCUT2D eigenvalue weighted by atomic mass is 35.5. The third kappa shape index (κ3) is 4.67. The zero-order valence-corrected chi connectivity index (χ0v) is 17.2. The first kappa shape index (κ1) is 21.4. The summed E-state index contributed by atoms with van der Waals surface area (Å²) in [6.45, 7) is 0.226. The van der Waals surface area contributed by atoms with Crippen LogP contribution in [0.1, 0.15) is 12.8 Å². The van der Waals surface area contributed by atoms with E-state index >= 15 is 0 Å². The molecule has 0 aliphatic carbocycles. The molecule has 2 heterocycles. The van der Waals surface area contributed by atoms with Crippen molar-refractivity contribution in [3.8, 4) is 0 Å². The van der Waals surface area contributed by atoms with E-state index in [9.17, 15) is 23.3 Å². The van der Waals surface area contributed by atoms with Crippen molar-refractivity contribution in [2.24, 2.45) is 5.92 Å². The average molecular weight is 459 g/mol. The lowest BCUT2D eigenvalue weighted by molar-refractivity contribution is -0.384. The normalized spacial score (nSPS) is 15.8. The van der Waals surface area contributed by atoms with Crippen LogP contribution in [-0.4, -0.2) is 41.6 Å². The second-order valence-corrected chi connectivity index (χ2v) is 9.14. The van der Waals surface area contributed by atoms with Crippen molar-refractivity contribution >= 4 is 50.5 Å². The molecule has 9 nitrogen and oxygen atoms in total. The van der Waals surface area contributed by atoms with Gasteiger partial charge in [-0.25, -0.2) is 8.42 Å². The van der Waals surface area contributed by atoms with Crippen LogP contribution in [0.4, 0.5) is 11.4 Å². The number of hydrogen-bond donors (Lipinski definition) is 1. The predicted molar refractivity (Wildman–Crippen MR) is 107 cm³/mol. The summed E-state index contributed by atoms with van der Waals surface area (Å²) in [6, 6.07) is 5.55. The van der Waals surface area contributed by atoms with Crippen molar-refractivity contribution in [3.63, 3.8) is 0 Å². The van der Waals surface area contributed by atoms with Crippen molar-refractivity contribution in [2.45, 2.75) is 17.7 Å². The van der Waals surface area contributed by atoms with Crippen molar-refractivity contribution in [2.75, 3.05) is 18.4 Å². The average Bonchev–Trinajstić information content (AvgIpc) is 2.70. The van der Waals surface area contributed by atoms with Crippen LogP contribution >= 0.6 is 23.2 Å². The van der Waals surface area contributed by atoms with Gasteiger partial charge in [0, 0.05) is 30.2 Å². The molecule has 2 aromatic rings. The maximum absolute atomic E-state index is 12.8. The van der Waals surface area contributed by atoms with Gasteiger partial charge >= 0.3 is 5.69 Å². The van der Waals surface area contributed by atoms with E-state index in [1.54, 1.807) is 0 Å². The summed E-state index contributed by atoms with van der Waals surface area (Å²) in [7, 11) is -3.85. The van der Waals surface area contributed by atoms with Crippen LogP contribution in [-0.2, 0) is 14.8 Å². The number of amides is 1. The molecule has 0 spiro atoms. The lowest BCUT2D eigenvalue weighted by Gasteiger charge is -2.30. The van der Waals surface area contributed by atoms with Gasteiger partial charge in [-0.2, -0.15) is 4.31 Å². The molecule has 1 aromatic heterocycles. The first-order valence-electron chi connectivity index (χ1n) is 8.54. The molecule has 0 bridgehead atoms. The lowest BCUT2D eigenvalue weighted by Crippen LogP contribution is -2.41. The molecule has 1 aliphatic rings. The Hall–Kier alpha value is -2.27. The standard InChI is InChI=1S/C17H16Cl2N4O5S/c18-12-1-2-13(19)16(9-12)29(27,28)22-7-4-11(5-8-22)17(24)21-14-3-6-20-10-15(14)23(25)26/h1-3,6,9-11H,4-5,7-8H2,(H,20,21,24). The molecule has 0 atom stereocenters. The second kappa shape index (κ2) is 8.62. The molecule has 1 fully saturated rings. The summed E-state index contributed by atoms with van der Waals surface area (Å²) in [4.78, 5) is 26.5. The molecule has 1 N–H and O–H groups in total.